The second kappa shape index (κ2) is 7.22. The normalized spacial score (nSPS) is 18.0. The average Bonchev–Trinajstić information content (AvgIpc) is 2.87. The molecule has 1 fully saturated rings. The highest BCUT2D eigenvalue weighted by Crippen LogP contribution is 2.26. The van der Waals surface area contributed by atoms with Gasteiger partial charge in [0, 0.05) is 12.0 Å². The lowest BCUT2D eigenvalue weighted by molar-refractivity contribution is -0.160. The van der Waals surface area contributed by atoms with Gasteiger partial charge in [-0.1, -0.05) is 18.2 Å². The van der Waals surface area contributed by atoms with Crippen LogP contribution in [-0.4, -0.2) is 34.3 Å². The molecule has 7 heteroatoms. The molecular formula is C17H20NO5P. The molecule has 2 rings (SSSR count). The minimum Gasteiger partial charge on any atom is -0.458 e. The van der Waals surface area contributed by atoms with Crippen molar-refractivity contribution in [3.8, 4) is 0 Å². The van der Waals surface area contributed by atoms with Gasteiger partial charge in [0.1, 0.15) is 11.6 Å². The Morgan fingerprint density at radius 1 is 1.29 bits per heavy atom. The molecule has 1 aliphatic rings. The van der Waals surface area contributed by atoms with Gasteiger partial charge in [0.05, 0.1) is 6.16 Å². The Morgan fingerprint density at radius 2 is 1.96 bits per heavy atom. The van der Waals surface area contributed by atoms with E-state index in [4.69, 9.17) is 4.74 Å². The van der Waals surface area contributed by atoms with Crippen LogP contribution in [0.3, 0.4) is 0 Å². The number of hydrogen-bond acceptors (Lipinski definition) is 5. The Labute approximate surface area is 142 Å². The molecule has 1 aliphatic heterocycles. The summed E-state index contributed by atoms with van der Waals surface area (Å²) in [5.41, 5.74) is 0.156. The molecule has 0 spiro atoms. The van der Waals surface area contributed by atoms with E-state index in [1.54, 1.807) is 45.0 Å². The van der Waals surface area contributed by atoms with Gasteiger partial charge >= 0.3 is 5.97 Å². The van der Waals surface area contributed by atoms with E-state index in [1.807, 2.05) is 0 Å². The molecule has 1 heterocycles. The summed E-state index contributed by atoms with van der Waals surface area (Å²) in [5, 5.41) is 0. The lowest BCUT2D eigenvalue weighted by atomic mass is 10.1. The van der Waals surface area contributed by atoms with Gasteiger partial charge in [0.2, 0.25) is 5.91 Å². The van der Waals surface area contributed by atoms with E-state index in [0.29, 0.717) is 5.56 Å². The third-order valence-corrected chi connectivity index (χ3v) is 4.06. The maximum absolute atomic E-state index is 12.8. The fraction of sp³-hybridized carbons (Fsp3) is 0.471. The van der Waals surface area contributed by atoms with E-state index in [-0.39, 0.29) is 33.0 Å². The van der Waals surface area contributed by atoms with Crippen LogP contribution in [0.2, 0.25) is 0 Å². The van der Waals surface area contributed by atoms with Crippen LogP contribution in [0.25, 0.3) is 0 Å². The molecule has 0 bridgehead atoms. The van der Waals surface area contributed by atoms with Crippen molar-refractivity contribution in [3.63, 3.8) is 0 Å². The molecule has 0 radical (unpaired) electrons. The monoisotopic (exact) mass is 349 g/mol. The zero-order valence-electron chi connectivity index (χ0n) is 13.9. The van der Waals surface area contributed by atoms with Crippen molar-refractivity contribution in [3.05, 3.63) is 35.4 Å². The molecule has 0 aromatic heterocycles. The first kappa shape index (κ1) is 18.3. The Morgan fingerprint density at radius 3 is 2.58 bits per heavy atom. The number of esters is 1. The molecule has 2 amide bonds. The summed E-state index contributed by atoms with van der Waals surface area (Å²) in [6, 6.07) is 5.74. The quantitative estimate of drug-likeness (QED) is 0.474. The Kier molecular flexibility index (Phi) is 5.50. The van der Waals surface area contributed by atoms with Crippen LogP contribution < -0.4 is 0 Å². The topological polar surface area (TPSA) is 80.8 Å². The summed E-state index contributed by atoms with van der Waals surface area (Å²) in [5.74, 6) is -1.53. The predicted molar refractivity (Wildman–Crippen MR) is 87.8 cm³/mol. The first-order valence-corrected chi connectivity index (χ1v) is 8.70. The number of benzene rings is 1. The summed E-state index contributed by atoms with van der Waals surface area (Å²) in [4.78, 5) is 38.3. The van der Waals surface area contributed by atoms with Crippen molar-refractivity contribution in [2.24, 2.45) is 0 Å². The van der Waals surface area contributed by atoms with Crippen LogP contribution in [0, 0.1) is 0 Å². The van der Waals surface area contributed by atoms with Crippen molar-refractivity contribution in [1.29, 1.82) is 0 Å². The molecule has 1 aromatic carbocycles. The average molecular weight is 349 g/mol. The van der Waals surface area contributed by atoms with Crippen molar-refractivity contribution in [1.82, 2.24) is 4.90 Å². The van der Waals surface area contributed by atoms with Gasteiger partial charge in [-0.25, -0.2) is 4.79 Å². The summed E-state index contributed by atoms with van der Waals surface area (Å²) in [6.07, 6.45) is 0.542. The van der Waals surface area contributed by atoms with Gasteiger partial charge in [-0.05, 0) is 38.8 Å². The minimum atomic E-state index is -0.915. The molecule has 24 heavy (non-hydrogen) atoms. The molecular weight excluding hydrogens is 329 g/mol. The third-order valence-electron chi connectivity index (χ3n) is 3.59. The second-order valence-electron chi connectivity index (χ2n) is 6.60. The maximum atomic E-state index is 12.8. The van der Waals surface area contributed by atoms with E-state index >= 15 is 0 Å². The van der Waals surface area contributed by atoms with Crippen LogP contribution in [-0.2, 0) is 25.1 Å². The standard InChI is InChI=1S/C17H20NO5P/c1-17(2,3)23-16(21)13-8-9-14(19)18(13)15(20)12-7-5-4-6-11(12)10-24-22/h4-7,13H,8-10H2,1-3H3/t13-/m0/s1. The number of carbonyl (C=O) groups excluding carboxylic acids is 3. The summed E-state index contributed by atoms with van der Waals surface area (Å²) < 4.78 is 16.2. The summed E-state index contributed by atoms with van der Waals surface area (Å²) in [7, 11) is -0.120. The molecule has 128 valence electrons. The van der Waals surface area contributed by atoms with E-state index < -0.39 is 29.4 Å². The van der Waals surface area contributed by atoms with Crippen LogP contribution >= 0.6 is 8.46 Å². The number of rotatable bonds is 4. The van der Waals surface area contributed by atoms with Gasteiger partial charge in [0.15, 0.2) is 8.46 Å². The van der Waals surface area contributed by atoms with Gasteiger partial charge in [-0.2, -0.15) is 0 Å². The smallest absolute Gasteiger partial charge is 0.329 e. The molecule has 1 saturated heterocycles. The second-order valence-corrected chi connectivity index (χ2v) is 7.18. The van der Waals surface area contributed by atoms with E-state index in [1.165, 1.54) is 0 Å². The fourth-order valence-electron chi connectivity index (χ4n) is 2.60. The number of carbonyl (C=O) groups is 3. The zero-order valence-corrected chi connectivity index (χ0v) is 14.8. The SMILES string of the molecule is CC(C)(C)OC(=O)[C@@H]1CCC(=O)N1C(=O)c1ccccc1CP=O. The molecule has 0 aliphatic carbocycles. The number of likely N-dealkylation sites (tertiary alicyclic amines) is 1. The van der Waals surface area contributed by atoms with Crippen LogP contribution in [0.4, 0.5) is 0 Å². The number of ether oxygens (including phenoxy) is 1. The van der Waals surface area contributed by atoms with Crippen molar-refractivity contribution in [2.75, 3.05) is 0 Å². The molecule has 6 nitrogen and oxygen atoms in total. The van der Waals surface area contributed by atoms with Gasteiger partial charge in [-0.3, -0.25) is 19.1 Å². The maximum Gasteiger partial charge on any atom is 0.329 e. The van der Waals surface area contributed by atoms with Crippen molar-refractivity contribution in [2.45, 2.75) is 51.4 Å². The lowest BCUT2D eigenvalue weighted by Crippen LogP contribution is -2.45. The highest BCUT2D eigenvalue weighted by molar-refractivity contribution is 7.22. The Balaban J connectivity index is 2.30. The van der Waals surface area contributed by atoms with Gasteiger partial charge in [0.25, 0.3) is 5.91 Å². The zero-order chi connectivity index (χ0) is 17.9. The Bertz CT molecular complexity index is 680. The van der Waals surface area contributed by atoms with E-state index in [0.717, 1.165) is 4.90 Å². The molecule has 0 N–H and O–H groups in total. The number of nitrogens with zero attached hydrogens (tertiary/aromatic N) is 1. The first-order chi connectivity index (χ1) is 11.2. The molecule has 1 atom stereocenters. The lowest BCUT2D eigenvalue weighted by Gasteiger charge is -2.26. The summed E-state index contributed by atoms with van der Waals surface area (Å²) in [6.45, 7) is 5.20. The van der Waals surface area contributed by atoms with Crippen molar-refractivity contribution < 1.29 is 23.7 Å². The van der Waals surface area contributed by atoms with Gasteiger partial charge in [-0.15, -0.1) is 0 Å². The predicted octanol–water partition coefficient (Wildman–Crippen LogP) is 2.95. The van der Waals surface area contributed by atoms with Gasteiger partial charge < -0.3 is 4.74 Å². The molecule has 0 saturated carbocycles. The number of amides is 2. The largest absolute Gasteiger partial charge is 0.458 e. The molecule has 0 unspecified atom stereocenters. The van der Waals surface area contributed by atoms with E-state index in [9.17, 15) is 18.9 Å². The number of hydrogen-bond donors (Lipinski definition) is 0. The highest BCUT2D eigenvalue weighted by atomic mass is 31.1. The van der Waals surface area contributed by atoms with E-state index in [2.05, 4.69) is 0 Å². The first-order valence-electron chi connectivity index (χ1n) is 7.71. The van der Waals surface area contributed by atoms with Crippen LogP contribution in [0.1, 0.15) is 49.5 Å². The fourth-order valence-corrected chi connectivity index (χ4v) is 3.01. The third kappa shape index (κ3) is 4.06. The molecule has 1 aromatic rings. The summed E-state index contributed by atoms with van der Waals surface area (Å²) >= 11 is 0. The van der Waals surface area contributed by atoms with Crippen molar-refractivity contribution >= 4 is 26.2 Å². The minimum absolute atomic E-state index is 0.120. The Hall–Kier alpha value is -2.07. The number of imide groups is 1. The highest BCUT2D eigenvalue weighted by Gasteiger charge is 2.42. The van der Waals surface area contributed by atoms with Crippen LogP contribution in [0.15, 0.2) is 24.3 Å². The van der Waals surface area contributed by atoms with Crippen LogP contribution in [0.5, 0.6) is 0 Å².